The number of carbonyl (C=O) groups is 1. The summed E-state index contributed by atoms with van der Waals surface area (Å²) in [6, 6.07) is 6.69. The van der Waals surface area contributed by atoms with Crippen molar-refractivity contribution in [3.8, 4) is 0 Å². The minimum atomic E-state index is -3.70. The van der Waals surface area contributed by atoms with E-state index in [1.54, 1.807) is 24.3 Å². The van der Waals surface area contributed by atoms with Gasteiger partial charge in [0.2, 0.25) is 0 Å². The molecule has 1 aromatic rings. The molecule has 0 saturated heterocycles. The minimum Gasteiger partial charge on any atom is -0.477 e. The lowest BCUT2D eigenvalue weighted by molar-refractivity contribution is -0.164. The van der Waals surface area contributed by atoms with Gasteiger partial charge < -0.3 is 5.11 Å². The first-order valence-electron chi connectivity index (χ1n) is 5.57. The third-order valence-corrected chi connectivity index (χ3v) is 2.90. The minimum absolute atomic E-state index is 0.337. The lowest BCUT2D eigenvalue weighted by Gasteiger charge is -2.13. The van der Waals surface area contributed by atoms with Crippen LogP contribution in [0.25, 0.3) is 0 Å². The fraction of sp³-hybridized carbons (Fsp3) is 0.462. The Morgan fingerprint density at radius 1 is 1.35 bits per heavy atom. The molecule has 0 saturated carbocycles. The Morgan fingerprint density at radius 2 is 1.88 bits per heavy atom. The van der Waals surface area contributed by atoms with Crippen molar-refractivity contribution in [1.29, 1.82) is 0 Å². The van der Waals surface area contributed by atoms with Gasteiger partial charge in [-0.05, 0) is 23.5 Å². The average Bonchev–Trinajstić information content (AvgIpc) is 2.28. The predicted octanol–water partition coefficient (Wildman–Crippen LogP) is 3.46. The first-order valence-corrected chi connectivity index (χ1v) is 5.57. The smallest absolute Gasteiger partial charge is 0.374 e. The Bertz CT molecular complexity index is 385. The van der Waals surface area contributed by atoms with E-state index in [1.807, 2.05) is 0 Å². The van der Waals surface area contributed by atoms with E-state index in [1.165, 1.54) is 0 Å². The van der Waals surface area contributed by atoms with E-state index in [-0.39, 0.29) is 0 Å². The molecule has 0 aliphatic heterocycles. The summed E-state index contributed by atoms with van der Waals surface area (Å²) in [6.07, 6.45) is 0.216. The zero-order valence-corrected chi connectivity index (χ0v) is 9.91. The third kappa shape index (κ3) is 3.51. The van der Waals surface area contributed by atoms with Crippen LogP contribution in [0.2, 0.25) is 0 Å². The van der Waals surface area contributed by atoms with E-state index < -0.39 is 18.3 Å². The van der Waals surface area contributed by atoms with Crippen LogP contribution in [0.15, 0.2) is 24.3 Å². The lowest BCUT2D eigenvalue weighted by atomic mass is 9.96. The maximum absolute atomic E-state index is 13.0. The molecule has 0 fully saturated rings. The van der Waals surface area contributed by atoms with Gasteiger partial charge in [-0.25, -0.2) is 4.79 Å². The molecule has 1 N–H and O–H groups in total. The van der Waals surface area contributed by atoms with E-state index >= 15 is 0 Å². The van der Waals surface area contributed by atoms with Crippen LogP contribution in [-0.2, 0) is 11.2 Å². The first-order chi connectivity index (χ1) is 7.86. The second-order valence-corrected chi connectivity index (χ2v) is 4.24. The number of carboxylic acid groups (broad SMARTS) is 1. The summed E-state index contributed by atoms with van der Waals surface area (Å²) in [6.45, 7) is 4.11. The highest BCUT2D eigenvalue weighted by molar-refractivity contribution is 5.75. The lowest BCUT2D eigenvalue weighted by Crippen LogP contribution is -2.30. The molecule has 0 amide bonds. The molecule has 1 rings (SSSR count). The molecule has 1 aromatic carbocycles. The standard InChI is InChI=1S/C13H16F2O2/c1-3-9(2)11-6-4-10(5-7-11)8-13(14,15)12(16)17/h4-7,9H,3,8H2,1-2H3,(H,16,17). The molecule has 1 atom stereocenters. The van der Waals surface area contributed by atoms with Gasteiger partial charge in [0.15, 0.2) is 0 Å². The van der Waals surface area contributed by atoms with Gasteiger partial charge in [-0.1, -0.05) is 38.1 Å². The van der Waals surface area contributed by atoms with Gasteiger partial charge >= 0.3 is 11.9 Å². The molecule has 0 heterocycles. The van der Waals surface area contributed by atoms with Crippen molar-refractivity contribution < 1.29 is 18.7 Å². The van der Waals surface area contributed by atoms with Gasteiger partial charge in [-0.15, -0.1) is 0 Å². The molecule has 4 heteroatoms. The number of benzene rings is 1. The van der Waals surface area contributed by atoms with Crippen molar-refractivity contribution >= 4 is 5.97 Å². The summed E-state index contributed by atoms with van der Waals surface area (Å²) < 4.78 is 25.9. The molecule has 1 unspecified atom stereocenters. The van der Waals surface area contributed by atoms with E-state index in [2.05, 4.69) is 13.8 Å². The van der Waals surface area contributed by atoms with Crippen molar-refractivity contribution in [3.05, 3.63) is 35.4 Å². The van der Waals surface area contributed by atoms with Crippen LogP contribution >= 0.6 is 0 Å². The summed E-state index contributed by atoms with van der Waals surface area (Å²) in [7, 11) is 0. The summed E-state index contributed by atoms with van der Waals surface area (Å²) in [4.78, 5) is 10.3. The van der Waals surface area contributed by atoms with Gasteiger partial charge in [-0.2, -0.15) is 8.78 Å². The van der Waals surface area contributed by atoms with Crippen molar-refractivity contribution in [3.63, 3.8) is 0 Å². The van der Waals surface area contributed by atoms with Crippen LogP contribution in [-0.4, -0.2) is 17.0 Å². The van der Waals surface area contributed by atoms with Crippen molar-refractivity contribution in [2.45, 2.75) is 38.5 Å². The number of hydrogen-bond donors (Lipinski definition) is 1. The molecule has 0 spiro atoms. The molecule has 0 aliphatic rings. The van der Waals surface area contributed by atoms with Crippen LogP contribution in [0.3, 0.4) is 0 Å². The Hall–Kier alpha value is -1.45. The van der Waals surface area contributed by atoms with Crippen LogP contribution in [0.4, 0.5) is 8.78 Å². The highest BCUT2D eigenvalue weighted by Crippen LogP contribution is 2.23. The Balaban J connectivity index is 2.79. The summed E-state index contributed by atoms with van der Waals surface area (Å²) in [5.74, 6) is -5.40. The van der Waals surface area contributed by atoms with Crippen LogP contribution < -0.4 is 0 Å². The number of carboxylic acids is 1. The molecule has 0 radical (unpaired) electrons. The summed E-state index contributed by atoms with van der Waals surface area (Å²) >= 11 is 0. The van der Waals surface area contributed by atoms with Crippen LogP contribution in [0.1, 0.15) is 37.3 Å². The highest BCUT2D eigenvalue weighted by atomic mass is 19.3. The first kappa shape index (κ1) is 13.6. The van der Waals surface area contributed by atoms with Crippen LogP contribution in [0, 0.1) is 0 Å². The molecule has 0 aromatic heterocycles. The highest BCUT2D eigenvalue weighted by Gasteiger charge is 2.38. The predicted molar refractivity (Wildman–Crippen MR) is 61.4 cm³/mol. The molecular formula is C13H16F2O2. The number of hydrogen-bond acceptors (Lipinski definition) is 1. The van der Waals surface area contributed by atoms with Crippen LogP contribution in [0.5, 0.6) is 0 Å². The van der Waals surface area contributed by atoms with E-state index in [0.717, 1.165) is 12.0 Å². The fourth-order valence-corrected chi connectivity index (χ4v) is 1.53. The van der Waals surface area contributed by atoms with Gasteiger partial charge in [0.25, 0.3) is 0 Å². The summed E-state index contributed by atoms with van der Waals surface area (Å²) in [5, 5.41) is 8.33. The molecule has 17 heavy (non-hydrogen) atoms. The molecular weight excluding hydrogens is 226 g/mol. The van der Waals surface area contributed by atoms with Crippen molar-refractivity contribution in [1.82, 2.24) is 0 Å². The van der Waals surface area contributed by atoms with Crippen molar-refractivity contribution in [2.24, 2.45) is 0 Å². The molecule has 0 bridgehead atoms. The largest absolute Gasteiger partial charge is 0.477 e. The number of alkyl halides is 2. The zero-order valence-electron chi connectivity index (χ0n) is 9.91. The Labute approximate surface area is 99.3 Å². The molecule has 94 valence electrons. The van der Waals surface area contributed by atoms with E-state index in [4.69, 9.17) is 5.11 Å². The fourth-order valence-electron chi connectivity index (χ4n) is 1.53. The number of halogens is 2. The SMILES string of the molecule is CCC(C)c1ccc(CC(F)(F)C(=O)O)cc1. The second-order valence-electron chi connectivity index (χ2n) is 4.24. The monoisotopic (exact) mass is 242 g/mol. The Morgan fingerprint density at radius 3 is 2.29 bits per heavy atom. The van der Waals surface area contributed by atoms with Gasteiger partial charge in [-0.3, -0.25) is 0 Å². The summed E-state index contributed by atoms with van der Waals surface area (Å²) in [5.41, 5.74) is 1.42. The third-order valence-electron chi connectivity index (χ3n) is 2.90. The van der Waals surface area contributed by atoms with Gasteiger partial charge in [0.1, 0.15) is 0 Å². The molecule has 2 nitrogen and oxygen atoms in total. The zero-order chi connectivity index (χ0) is 13.1. The van der Waals surface area contributed by atoms with Gasteiger partial charge in [0, 0.05) is 6.42 Å². The number of aliphatic carboxylic acids is 1. The Kier molecular flexibility index (Phi) is 4.21. The van der Waals surface area contributed by atoms with E-state index in [9.17, 15) is 13.6 Å². The maximum atomic E-state index is 13.0. The number of rotatable bonds is 5. The maximum Gasteiger partial charge on any atom is 0.374 e. The second kappa shape index (κ2) is 5.25. The van der Waals surface area contributed by atoms with Gasteiger partial charge in [0.05, 0.1) is 0 Å². The average molecular weight is 242 g/mol. The van der Waals surface area contributed by atoms with Crippen molar-refractivity contribution in [2.75, 3.05) is 0 Å². The quantitative estimate of drug-likeness (QED) is 0.858. The normalized spacial score (nSPS) is 13.4. The molecule has 0 aliphatic carbocycles. The van der Waals surface area contributed by atoms with E-state index in [0.29, 0.717) is 11.5 Å². The topological polar surface area (TPSA) is 37.3 Å².